The predicted octanol–water partition coefficient (Wildman–Crippen LogP) is 3.72. The van der Waals surface area contributed by atoms with Gasteiger partial charge in [-0.2, -0.15) is 0 Å². The first-order valence-electron chi connectivity index (χ1n) is 7.75. The van der Waals surface area contributed by atoms with Crippen LogP contribution in [0.15, 0.2) is 18.2 Å². The van der Waals surface area contributed by atoms with Crippen LogP contribution in [0.25, 0.3) is 0 Å². The molecule has 6 heteroatoms. The van der Waals surface area contributed by atoms with Crippen LogP contribution < -0.4 is 5.32 Å². The molecule has 6 nitrogen and oxygen atoms in total. The number of ether oxygens (including phenoxy) is 2. The Balaban J connectivity index is 3.03. The van der Waals surface area contributed by atoms with E-state index in [1.165, 1.54) is 7.11 Å². The lowest BCUT2D eigenvalue weighted by atomic mass is 9.78. The molecule has 2 N–H and O–H groups in total. The second-order valence-electron chi connectivity index (χ2n) is 7.33. The summed E-state index contributed by atoms with van der Waals surface area (Å²) in [6.45, 7) is 10.8. The third-order valence-corrected chi connectivity index (χ3v) is 3.72. The highest BCUT2D eigenvalue weighted by Crippen LogP contribution is 2.31. The summed E-state index contributed by atoms with van der Waals surface area (Å²) in [6.07, 6.45) is -1.50. The van der Waals surface area contributed by atoms with Gasteiger partial charge in [-0.3, -0.25) is 5.32 Å². The van der Waals surface area contributed by atoms with Crippen LogP contribution >= 0.6 is 0 Å². The molecule has 0 fully saturated rings. The molecule has 24 heavy (non-hydrogen) atoms. The first-order chi connectivity index (χ1) is 10.9. The van der Waals surface area contributed by atoms with Gasteiger partial charge >= 0.3 is 12.1 Å². The number of methoxy groups -OCH3 is 1. The summed E-state index contributed by atoms with van der Waals surface area (Å²) in [5, 5.41) is 12.0. The van der Waals surface area contributed by atoms with Crippen molar-refractivity contribution >= 4 is 17.7 Å². The molecule has 1 aromatic rings. The Bertz CT molecular complexity index is 616. The Morgan fingerprint density at radius 1 is 1.17 bits per heavy atom. The van der Waals surface area contributed by atoms with E-state index in [4.69, 9.17) is 9.47 Å². The predicted molar refractivity (Wildman–Crippen MR) is 92.5 cm³/mol. The van der Waals surface area contributed by atoms with Crippen LogP contribution in [0, 0.1) is 6.92 Å². The number of hydrogen-bond donors (Lipinski definition) is 2. The summed E-state index contributed by atoms with van der Waals surface area (Å²) in [5.41, 5.74) is 0.937. The first-order valence-corrected chi connectivity index (χ1v) is 7.75. The van der Waals surface area contributed by atoms with Gasteiger partial charge in [0.25, 0.3) is 0 Å². The molecule has 0 saturated heterocycles. The van der Waals surface area contributed by atoms with Crippen molar-refractivity contribution in [1.82, 2.24) is 0 Å². The highest BCUT2D eigenvalue weighted by molar-refractivity contribution is 5.86. The molecule has 1 rings (SSSR count). The minimum Gasteiger partial charge on any atom is -0.479 e. The number of nitrogens with one attached hydrogen (secondary N) is 1. The van der Waals surface area contributed by atoms with E-state index < -0.39 is 29.2 Å². The van der Waals surface area contributed by atoms with Crippen LogP contribution in [0.5, 0.6) is 0 Å². The number of rotatable bonds is 5. The van der Waals surface area contributed by atoms with Gasteiger partial charge < -0.3 is 14.6 Å². The van der Waals surface area contributed by atoms with Gasteiger partial charge in [-0.05, 0) is 44.9 Å². The van der Waals surface area contributed by atoms with E-state index in [1.807, 2.05) is 26.8 Å². The van der Waals surface area contributed by atoms with Crippen molar-refractivity contribution in [2.45, 2.75) is 58.7 Å². The topological polar surface area (TPSA) is 84.9 Å². The SMILES string of the molecule is COC(C(=O)O)C(C)(C)c1ccc(NC(=O)OC(C)(C)C)c(C)c1. The molecule has 0 radical (unpaired) electrons. The highest BCUT2D eigenvalue weighted by Gasteiger charge is 2.37. The van der Waals surface area contributed by atoms with E-state index >= 15 is 0 Å². The Morgan fingerprint density at radius 2 is 1.75 bits per heavy atom. The number of carbonyl (C=O) groups is 2. The standard InChI is InChI=1S/C18H27NO5/c1-11-10-12(18(5,6)14(23-7)15(20)21)8-9-13(11)19-16(22)24-17(2,3)4/h8-10,14H,1-7H3,(H,19,22)(H,20,21). The number of benzene rings is 1. The molecule has 1 amide bonds. The van der Waals surface area contributed by atoms with Crippen LogP contribution in [0.2, 0.25) is 0 Å². The lowest BCUT2D eigenvalue weighted by Gasteiger charge is -2.31. The maximum Gasteiger partial charge on any atom is 0.412 e. The lowest BCUT2D eigenvalue weighted by molar-refractivity contribution is -0.152. The molecule has 0 heterocycles. The number of carbonyl (C=O) groups excluding carboxylic acids is 1. The molecule has 0 bridgehead atoms. The van der Waals surface area contributed by atoms with Gasteiger partial charge in [0.2, 0.25) is 0 Å². The minimum atomic E-state index is -1.02. The smallest absolute Gasteiger partial charge is 0.412 e. The Kier molecular flexibility index (Phi) is 6.00. The molecule has 0 aliphatic rings. The Labute approximate surface area is 143 Å². The average Bonchev–Trinajstić information content (AvgIpc) is 2.38. The van der Waals surface area contributed by atoms with Crippen LogP contribution in [-0.2, 0) is 19.7 Å². The summed E-state index contributed by atoms with van der Waals surface area (Å²) in [5.74, 6) is -1.02. The zero-order chi connectivity index (χ0) is 18.7. The first kappa shape index (κ1) is 20.0. The summed E-state index contributed by atoms with van der Waals surface area (Å²) in [4.78, 5) is 23.3. The van der Waals surface area contributed by atoms with Gasteiger partial charge in [-0.1, -0.05) is 26.0 Å². The third-order valence-electron chi connectivity index (χ3n) is 3.72. The number of aryl methyl sites for hydroxylation is 1. The fourth-order valence-corrected chi connectivity index (χ4v) is 2.47. The van der Waals surface area contributed by atoms with Crippen molar-refractivity contribution < 1.29 is 24.2 Å². The van der Waals surface area contributed by atoms with Crippen LogP contribution in [-0.4, -0.2) is 36.0 Å². The quantitative estimate of drug-likeness (QED) is 0.855. The molecule has 0 spiro atoms. The molecule has 0 aliphatic carbocycles. The van der Waals surface area contributed by atoms with Crippen LogP contribution in [0.3, 0.4) is 0 Å². The minimum absolute atomic E-state index is 0.530. The normalized spacial score (nSPS) is 13.3. The number of carboxylic acid groups (broad SMARTS) is 1. The Hall–Kier alpha value is -2.08. The van der Waals surface area contributed by atoms with E-state index in [2.05, 4.69) is 5.32 Å². The Morgan fingerprint density at radius 3 is 2.17 bits per heavy atom. The van der Waals surface area contributed by atoms with Gasteiger partial charge in [0.05, 0.1) is 0 Å². The fourth-order valence-electron chi connectivity index (χ4n) is 2.47. The summed E-state index contributed by atoms with van der Waals surface area (Å²) >= 11 is 0. The monoisotopic (exact) mass is 337 g/mol. The molecular weight excluding hydrogens is 310 g/mol. The zero-order valence-electron chi connectivity index (χ0n) is 15.4. The van der Waals surface area contributed by atoms with Crippen molar-refractivity contribution in [3.05, 3.63) is 29.3 Å². The molecule has 1 atom stereocenters. The summed E-state index contributed by atoms with van der Waals surface area (Å²) in [7, 11) is 1.38. The lowest BCUT2D eigenvalue weighted by Crippen LogP contribution is -2.41. The van der Waals surface area contributed by atoms with Gasteiger partial charge in [0, 0.05) is 18.2 Å². The molecule has 0 aromatic heterocycles. The number of amides is 1. The summed E-state index contributed by atoms with van der Waals surface area (Å²) in [6, 6.07) is 5.38. The van der Waals surface area contributed by atoms with Crippen molar-refractivity contribution in [2.24, 2.45) is 0 Å². The van der Waals surface area contributed by atoms with Gasteiger partial charge in [-0.25, -0.2) is 9.59 Å². The van der Waals surface area contributed by atoms with Gasteiger partial charge in [0.1, 0.15) is 5.60 Å². The van der Waals surface area contributed by atoms with Crippen LogP contribution in [0.4, 0.5) is 10.5 Å². The molecule has 1 aromatic carbocycles. The molecule has 0 aliphatic heterocycles. The van der Waals surface area contributed by atoms with Crippen molar-refractivity contribution in [1.29, 1.82) is 0 Å². The van der Waals surface area contributed by atoms with Crippen molar-refractivity contribution in [3.63, 3.8) is 0 Å². The van der Waals surface area contributed by atoms with Crippen LogP contribution in [0.1, 0.15) is 45.7 Å². The highest BCUT2D eigenvalue weighted by atomic mass is 16.6. The molecule has 134 valence electrons. The van der Waals surface area contributed by atoms with E-state index in [1.54, 1.807) is 32.9 Å². The summed E-state index contributed by atoms with van der Waals surface area (Å²) < 4.78 is 10.4. The largest absolute Gasteiger partial charge is 0.479 e. The van der Waals surface area contributed by atoms with Crippen molar-refractivity contribution in [3.8, 4) is 0 Å². The third kappa shape index (κ3) is 4.96. The number of carboxylic acids is 1. The van der Waals surface area contributed by atoms with Gasteiger partial charge in [0.15, 0.2) is 6.10 Å². The maximum atomic E-state index is 11.9. The fraction of sp³-hybridized carbons (Fsp3) is 0.556. The average molecular weight is 337 g/mol. The second-order valence-corrected chi connectivity index (χ2v) is 7.33. The number of hydrogen-bond acceptors (Lipinski definition) is 4. The van der Waals surface area contributed by atoms with E-state index in [9.17, 15) is 14.7 Å². The molecular formula is C18H27NO5. The second kappa shape index (κ2) is 7.21. The molecule has 1 unspecified atom stereocenters. The molecule has 0 saturated carbocycles. The van der Waals surface area contributed by atoms with Crippen molar-refractivity contribution in [2.75, 3.05) is 12.4 Å². The van der Waals surface area contributed by atoms with E-state index in [-0.39, 0.29) is 0 Å². The zero-order valence-corrected chi connectivity index (χ0v) is 15.4. The number of anilines is 1. The number of aliphatic carboxylic acids is 1. The van der Waals surface area contributed by atoms with E-state index in [0.29, 0.717) is 5.69 Å². The van der Waals surface area contributed by atoms with Gasteiger partial charge in [-0.15, -0.1) is 0 Å². The van der Waals surface area contributed by atoms with E-state index in [0.717, 1.165) is 11.1 Å². The maximum absolute atomic E-state index is 11.9.